The second-order valence-electron chi connectivity index (χ2n) is 9.49. The first kappa shape index (κ1) is 21.3. The molecule has 0 atom stereocenters. The van der Waals surface area contributed by atoms with Gasteiger partial charge in [-0.1, -0.05) is 6.42 Å². The molecule has 31 heavy (non-hydrogen) atoms. The number of guanidine groups is 2. The van der Waals surface area contributed by atoms with Gasteiger partial charge in [0.1, 0.15) is 11.3 Å². The van der Waals surface area contributed by atoms with Crippen LogP contribution >= 0.6 is 0 Å². The van der Waals surface area contributed by atoms with Crippen LogP contribution in [0, 0.1) is 0 Å². The van der Waals surface area contributed by atoms with E-state index in [4.69, 9.17) is 21.2 Å². The van der Waals surface area contributed by atoms with Gasteiger partial charge < -0.3 is 26.4 Å². The number of hydrogen-bond acceptors (Lipinski definition) is 8. The first-order valence-electron chi connectivity index (χ1n) is 11.0. The minimum atomic E-state index is -0.536. The molecule has 9 heteroatoms. The maximum Gasteiger partial charge on any atom is 0.410 e. The van der Waals surface area contributed by atoms with E-state index in [9.17, 15) is 4.79 Å². The maximum atomic E-state index is 12.7. The van der Waals surface area contributed by atoms with Crippen LogP contribution in [0.5, 0.6) is 0 Å². The number of hydrogen-bond donors (Lipinski definition) is 3. The number of rotatable bonds is 1. The fourth-order valence-electron chi connectivity index (χ4n) is 4.61. The second-order valence-corrected chi connectivity index (χ2v) is 9.49. The molecule has 0 bridgehead atoms. The second kappa shape index (κ2) is 7.94. The van der Waals surface area contributed by atoms with Crippen molar-refractivity contribution >= 4 is 29.4 Å². The molecule has 2 heterocycles. The van der Waals surface area contributed by atoms with Crippen LogP contribution < -0.4 is 21.7 Å². The number of nitrogens with zero attached hydrogens (tertiary/aromatic N) is 4. The van der Waals surface area contributed by atoms with Crippen molar-refractivity contribution in [2.24, 2.45) is 21.5 Å². The van der Waals surface area contributed by atoms with Crippen molar-refractivity contribution in [3.8, 4) is 0 Å². The van der Waals surface area contributed by atoms with Gasteiger partial charge in [0.05, 0.1) is 6.54 Å². The predicted octanol–water partition coefficient (Wildman–Crippen LogP) is 2.96. The molecule has 0 unspecified atom stereocenters. The normalized spacial score (nSPS) is 20.9. The van der Waals surface area contributed by atoms with Crippen molar-refractivity contribution < 1.29 is 9.53 Å². The summed E-state index contributed by atoms with van der Waals surface area (Å²) in [6, 6.07) is 6.14. The van der Waals surface area contributed by atoms with Gasteiger partial charge in [0.2, 0.25) is 11.9 Å². The Hall–Kier alpha value is -2.97. The SMILES string of the molecule is CC(C)(C)OC(=O)N1CCNc2ccc(N3C(N)=NC(N)=NC34CCCCC4)cc2C1. The molecule has 1 aliphatic carbocycles. The number of carbonyl (C=O) groups excluding carboxylic acids is 1. The summed E-state index contributed by atoms with van der Waals surface area (Å²) in [5.74, 6) is 0.600. The Morgan fingerprint density at radius 2 is 1.94 bits per heavy atom. The van der Waals surface area contributed by atoms with Crippen molar-refractivity contribution in [3.63, 3.8) is 0 Å². The van der Waals surface area contributed by atoms with Crippen LogP contribution in [0.2, 0.25) is 0 Å². The van der Waals surface area contributed by atoms with Gasteiger partial charge in [-0.3, -0.25) is 4.90 Å². The molecule has 1 spiro atoms. The van der Waals surface area contributed by atoms with E-state index in [1.807, 2.05) is 37.8 Å². The molecule has 0 radical (unpaired) electrons. The average molecular weight is 428 g/mol. The van der Waals surface area contributed by atoms with Crippen molar-refractivity contribution in [1.82, 2.24) is 4.90 Å². The van der Waals surface area contributed by atoms with Crippen molar-refractivity contribution in [3.05, 3.63) is 23.8 Å². The first-order valence-corrected chi connectivity index (χ1v) is 11.0. The molecule has 3 aliphatic rings. The lowest BCUT2D eigenvalue weighted by atomic mass is 9.87. The quantitative estimate of drug-likeness (QED) is 0.633. The number of carbonyl (C=O) groups is 1. The van der Waals surface area contributed by atoms with Crippen LogP contribution in [0.1, 0.15) is 58.4 Å². The number of aliphatic imine (C=N–C) groups is 2. The average Bonchev–Trinajstić information content (AvgIpc) is 2.89. The summed E-state index contributed by atoms with van der Waals surface area (Å²) in [5, 5.41) is 3.42. The van der Waals surface area contributed by atoms with E-state index in [2.05, 4.69) is 16.4 Å². The summed E-state index contributed by atoms with van der Waals surface area (Å²) < 4.78 is 5.59. The number of fused-ring (bicyclic) bond motifs is 1. The zero-order chi connectivity index (χ0) is 22.2. The number of amides is 1. The zero-order valence-electron chi connectivity index (χ0n) is 18.6. The summed E-state index contributed by atoms with van der Waals surface area (Å²) in [7, 11) is 0. The van der Waals surface area contributed by atoms with Gasteiger partial charge >= 0.3 is 6.09 Å². The Balaban J connectivity index is 1.66. The third-order valence-corrected chi connectivity index (χ3v) is 5.91. The minimum absolute atomic E-state index is 0.239. The van der Waals surface area contributed by atoms with E-state index in [0.29, 0.717) is 25.6 Å². The lowest BCUT2D eigenvalue weighted by Crippen LogP contribution is -2.58. The lowest BCUT2D eigenvalue weighted by molar-refractivity contribution is 0.0245. The Morgan fingerprint density at radius 3 is 2.65 bits per heavy atom. The first-order chi connectivity index (χ1) is 14.7. The minimum Gasteiger partial charge on any atom is -0.444 e. The molecule has 1 aromatic carbocycles. The van der Waals surface area contributed by atoms with E-state index in [1.165, 1.54) is 6.42 Å². The molecule has 5 N–H and O–H groups in total. The van der Waals surface area contributed by atoms with Crippen LogP contribution in [-0.2, 0) is 11.3 Å². The summed E-state index contributed by atoms with van der Waals surface area (Å²) in [6.45, 7) is 7.30. The Bertz CT molecular complexity index is 913. The predicted molar refractivity (Wildman–Crippen MR) is 123 cm³/mol. The largest absolute Gasteiger partial charge is 0.444 e. The van der Waals surface area contributed by atoms with Gasteiger partial charge in [-0.05, 0) is 70.2 Å². The molecule has 1 amide bonds. The van der Waals surface area contributed by atoms with E-state index in [1.54, 1.807) is 4.90 Å². The highest BCUT2D eigenvalue weighted by Gasteiger charge is 2.42. The Kier molecular flexibility index (Phi) is 5.45. The van der Waals surface area contributed by atoms with Gasteiger partial charge in [-0.25, -0.2) is 9.79 Å². The van der Waals surface area contributed by atoms with Crippen molar-refractivity contribution in [2.75, 3.05) is 23.3 Å². The van der Waals surface area contributed by atoms with Gasteiger partial charge in [-0.2, -0.15) is 4.99 Å². The molecule has 0 aromatic heterocycles. The molecule has 2 aliphatic heterocycles. The highest BCUT2D eigenvalue weighted by molar-refractivity contribution is 6.05. The highest BCUT2D eigenvalue weighted by Crippen LogP contribution is 2.40. The zero-order valence-corrected chi connectivity index (χ0v) is 18.6. The standard InChI is InChI=1S/C22H33N7O2/c1-21(2,3)31-20(30)28-12-11-25-17-8-7-16(13-15(17)14-28)29-19(24)26-18(23)27-22(29)9-5-4-6-10-22/h7-8,13,25H,4-6,9-12,14H2,1-3H3,(H4,23,24,26,27). The third kappa shape index (κ3) is 4.40. The van der Waals surface area contributed by atoms with Gasteiger partial charge in [0, 0.05) is 24.5 Å². The van der Waals surface area contributed by atoms with Crippen molar-refractivity contribution in [2.45, 2.75) is 70.7 Å². The molecular formula is C22H33N7O2. The number of anilines is 2. The number of nitrogens with two attached hydrogens (primary N) is 2. The summed E-state index contributed by atoms with van der Waals surface area (Å²) in [6.07, 6.45) is 4.76. The molecule has 9 nitrogen and oxygen atoms in total. The summed E-state index contributed by atoms with van der Waals surface area (Å²) in [5.41, 5.74) is 14.2. The fourth-order valence-corrected chi connectivity index (χ4v) is 4.61. The number of benzene rings is 1. The molecule has 0 saturated heterocycles. The van der Waals surface area contributed by atoms with E-state index in [0.717, 1.165) is 42.6 Å². The summed E-state index contributed by atoms with van der Waals surface area (Å²) in [4.78, 5) is 25.4. The third-order valence-electron chi connectivity index (χ3n) is 5.91. The van der Waals surface area contributed by atoms with Crippen LogP contribution in [-0.4, -0.2) is 47.3 Å². The van der Waals surface area contributed by atoms with E-state index < -0.39 is 11.3 Å². The Labute approximate surface area is 183 Å². The topological polar surface area (TPSA) is 122 Å². The molecular weight excluding hydrogens is 394 g/mol. The van der Waals surface area contributed by atoms with Crippen LogP contribution in [0.25, 0.3) is 0 Å². The van der Waals surface area contributed by atoms with Crippen LogP contribution in [0.4, 0.5) is 16.2 Å². The van der Waals surface area contributed by atoms with Gasteiger partial charge in [0.15, 0.2) is 0 Å². The number of ether oxygens (including phenoxy) is 1. The molecule has 1 fully saturated rings. The molecule has 1 saturated carbocycles. The fraction of sp³-hybridized carbons (Fsp3) is 0.591. The van der Waals surface area contributed by atoms with E-state index in [-0.39, 0.29) is 12.1 Å². The smallest absolute Gasteiger partial charge is 0.410 e. The van der Waals surface area contributed by atoms with Crippen molar-refractivity contribution in [1.29, 1.82) is 0 Å². The van der Waals surface area contributed by atoms with Gasteiger partial charge in [-0.15, -0.1) is 0 Å². The Morgan fingerprint density at radius 1 is 1.19 bits per heavy atom. The summed E-state index contributed by atoms with van der Waals surface area (Å²) >= 11 is 0. The molecule has 4 rings (SSSR count). The van der Waals surface area contributed by atoms with E-state index >= 15 is 0 Å². The maximum absolute atomic E-state index is 12.7. The lowest BCUT2D eigenvalue weighted by Gasteiger charge is -2.45. The number of nitrogens with one attached hydrogen (secondary N) is 1. The molecule has 168 valence electrons. The van der Waals surface area contributed by atoms with Crippen LogP contribution in [0.15, 0.2) is 28.2 Å². The van der Waals surface area contributed by atoms with Crippen LogP contribution in [0.3, 0.4) is 0 Å². The monoisotopic (exact) mass is 427 g/mol. The van der Waals surface area contributed by atoms with Gasteiger partial charge in [0.25, 0.3) is 0 Å². The molecule has 1 aromatic rings. The highest BCUT2D eigenvalue weighted by atomic mass is 16.6.